The van der Waals surface area contributed by atoms with E-state index in [0.717, 1.165) is 12.8 Å². The molecular formula is C5H7NOS2. The first-order valence-electron chi connectivity index (χ1n) is 2.55. The summed E-state index contributed by atoms with van der Waals surface area (Å²) in [5.41, 5.74) is 0. The number of aliphatic imine (C=N–C) groups is 1. The Kier molecular flexibility index (Phi) is 7.43. The van der Waals surface area contributed by atoms with Gasteiger partial charge in [-0.2, -0.15) is 0 Å². The van der Waals surface area contributed by atoms with E-state index in [1.807, 2.05) is 0 Å². The molecule has 0 aliphatic rings. The summed E-state index contributed by atoms with van der Waals surface area (Å²) in [6.07, 6.45) is 1.69. The monoisotopic (exact) mass is 161 g/mol. The number of hydrogen-bond donors (Lipinski definition) is 0. The molecule has 0 heterocycles. The van der Waals surface area contributed by atoms with Gasteiger partial charge in [-0.15, -0.1) is 0 Å². The lowest BCUT2D eigenvalue weighted by atomic mass is 10.3. The number of nitrogens with zero attached hydrogens (tertiary/aromatic N) is 1. The van der Waals surface area contributed by atoms with Crippen molar-refractivity contribution in [1.29, 1.82) is 0 Å². The van der Waals surface area contributed by atoms with Crippen LogP contribution in [0.1, 0.15) is 12.8 Å². The zero-order valence-corrected chi connectivity index (χ0v) is 6.50. The largest absolute Gasteiger partial charge is 0.233 e. The van der Waals surface area contributed by atoms with Gasteiger partial charge in [0.2, 0.25) is 0 Å². The maximum Gasteiger partial charge on any atom is 0.0841 e. The molecule has 0 fully saturated rings. The Bertz CT molecular complexity index is 138. The predicted octanol–water partition coefficient (Wildman–Crippen LogP) is 0.885. The fraction of sp³-hybridized carbons (Fsp3) is 0.600. The van der Waals surface area contributed by atoms with Crippen molar-refractivity contribution in [2.24, 2.45) is 4.99 Å². The molecule has 0 aromatic heterocycles. The smallest absolute Gasteiger partial charge is 0.0841 e. The van der Waals surface area contributed by atoms with E-state index >= 15 is 0 Å². The minimum absolute atomic E-state index is 0.497. The summed E-state index contributed by atoms with van der Waals surface area (Å²) < 4.78 is 9.76. The maximum absolute atomic E-state index is 9.76. The highest BCUT2D eigenvalue weighted by Gasteiger charge is 1.78. The average molecular weight is 161 g/mol. The standard InChI is InChI=1S/C5H7NOS2/c7-9-4-2-1-3-6-5-8/h4H,1-3H2. The van der Waals surface area contributed by atoms with Gasteiger partial charge in [-0.25, -0.2) is 9.20 Å². The lowest BCUT2D eigenvalue weighted by molar-refractivity contribution is 0.701. The topological polar surface area (TPSA) is 29.4 Å². The van der Waals surface area contributed by atoms with E-state index in [0.29, 0.717) is 17.8 Å². The summed E-state index contributed by atoms with van der Waals surface area (Å²) >= 11 is 4.83. The first-order chi connectivity index (χ1) is 4.41. The van der Waals surface area contributed by atoms with Crippen molar-refractivity contribution in [3.8, 4) is 0 Å². The molecule has 0 aromatic carbocycles. The van der Waals surface area contributed by atoms with Crippen LogP contribution in [0, 0.1) is 0 Å². The molecule has 0 aliphatic carbocycles. The van der Waals surface area contributed by atoms with E-state index in [-0.39, 0.29) is 0 Å². The second kappa shape index (κ2) is 7.69. The van der Waals surface area contributed by atoms with Gasteiger partial charge in [-0.1, -0.05) is 0 Å². The predicted molar refractivity (Wildman–Crippen MR) is 43.3 cm³/mol. The van der Waals surface area contributed by atoms with Gasteiger partial charge >= 0.3 is 0 Å². The first-order valence-corrected chi connectivity index (χ1v) is 3.77. The number of hydrogen-bond acceptors (Lipinski definition) is 3. The molecule has 2 nitrogen and oxygen atoms in total. The van der Waals surface area contributed by atoms with E-state index in [9.17, 15) is 4.21 Å². The van der Waals surface area contributed by atoms with Crippen LogP contribution in [0.3, 0.4) is 0 Å². The second-order valence-corrected chi connectivity index (χ2v) is 2.09. The Hall–Kier alpha value is -0.310. The maximum atomic E-state index is 9.76. The Labute approximate surface area is 63.1 Å². The summed E-state index contributed by atoms with van der Waals surface area (Å²) in [4.78, 5) is 3.68. The van der Waals surface area contributed by atoms with Crippen LogP contribution in [0.15, 0.2) is 4.99 Å². The molecule has 0 atom stereocenters. The molecule has 4 heteroatoms. The van der Waals surface area contributed by atoms with Gasteiger partial charge in [0, 0.05) is 11.9 Å². The number of unbranched alkanes of at least 4 members (excludes halogenated alkanes) is 1. The van der Waals surface area contributed by atoms with E-state index < -0.39 is 0 Å². The van der Waals surface area contributed by atoms with Crippen molar-refractivity contribution in [2.45, 2.75) is 12.8 Å². The highest BCUT2D eigenvalue weighted by atomic mass is 32.1. The normalized spacial score (nSPS) is 7.56. The van der Waals surface area contributed by atoms with Crippen molar-refractivity contribution < 1.29 is 4.21 Å². The van der Waals surface area contributed by atoms with Crippen LogP contribution in [0.5, 0.6) is 0 Å². The molecule has 0 aliphatic heterocycles. The van der Waals surface area contributed by atoms with Gasteiger partial charge in [0.25, 0.3) is 0 Å². The van der Waals surface area contributed by atoms with Crippen LogP contribution in [-0.2, 0) is 11.3 Å². The van der Waals surface area contributed by atoms with Crippen LogP contribution < -0.4 is 0 Å². The van der Waals surface area contributed by atoms with Crippen LogP contribution >= 0.6 is 12.2 Å². The van der Waals surface area contributed by atoms with Crippen molar-refractivity contribution in [3.63, 3.8) is 0 Å². The minimum Gasteiger partial charge on any atom is -0.233 e. The zero-order valence-electron chi connectivity index (χ0n) is 4.87. The SMILES string of the molecule is O=S=CCCCN=C=S. The molecule has 0 spiro atoms. The Morgan fingerprint density at radius 2 is 2.56 bits per heavy atom. The van der Waals surface area contributed by atoms with Crippen molar-refractivity contribution in [3.05, 3.63) is 0 Å². The Morgan fingerprint density at radius 3 is 3.11 bits per heavy atom. The summed E-state index contributed by atoms with van der Waals surface area (Å²) in [5.74, 6) is 0. The molecule has 0 aromatic rings. The molecule has 0 N–H and O–H groups in total. The first kappa shape index (κ1) is 8.69. The Balaban J connectivity index is 3.09. The minimum atomic E-state index is 0.497. The average Bonchev–Trinajstić information content (AvgIpc) is 1.89. The van der Waals surface area contributed by atoms with E-state index in [1.165, 1.54) is 0 Å². The fourth-order valence-corrected chi connectivity index (χ4v) is 0.702. The van der Waals surface area contributed by atoms with E-state index in [2.05, 4.69) is 22.4 Å². The Morgan fingerprint density at radius 1 is 1.78 bits per heavy atom. The lowest BCUT2D eigenvalue weighted by Crippen LogP contribution is -1.80. The molecule has 9 heavy (non-hydrogen) atoms. The number of isothiocyanates is 1. The lowest BCUT2D eigenvalue weighted by Gasteiger charge is -1.82. The summed E-state index contributed by atoms with van der Waals surface area (Å²) in [6.45, 7) is 0.681. The van der Waals surface area contributed by atoms with Gasteiger partial charge < -0.3 is 0 Å². The van der Waals surface area contributed by atoms with E-state index in [4.69, 9.17) is 0 Å². The van der Waals surface area contributed by atoms with Crippen LogP contribution in [0.25, 0.3) is 0 Å². The van der Waals surface area contributed by atoms with Crippen molar-refractivity contribution >= 4 is 34.0 Å². The third kappa shape index (κ3) is 7.69. The van der Waals surface area contributed by atoms with Crippen LogP contribution in [-0.4, -0.2) is 21.3 Å². The quantitative estimate of drug-likeness (QED) is 0.348. The highest BCUT2D eigenvalue weighted by molar-refractivity contribution is 7.78. The second-order valence-electron chi connectivity index (χ2n) is 1.38. The molecule has 0 saturated carbocycles. The van der Waals surface area contributed by atoms with Crippen LogP contribution in [0.4, 0.5) is 0 Å². The van der Waals surface area contributed by atoms with Gasteiger partial charge in [-0.05, 0) is 25.1 Å². The molecule has 0 rings (SSSR count). The molecular weight excluding hydrogens is 154 g/mol. The van der Waals surface area contributed by atoms with Crippen molar-refractivity contribution in [1.82, 2.24) is 0 Å². The number of thiocarbonyl (C=S) groups is 1. The fourth-order valence-electron chi connectivity index (χ4n) is 0.347. The highest BCUT2D eigenvalue weighted by Crippen LogP contribution is 1.82. The van der Waals surface area contributed by atoms with Gasteiger partial charge in [-0.3, -0.25) is 0 Å². The van der Waals surface area contributed by atoms with E-state index in [1.54, 1.807) is 5.37 Å². The number of rotatable bonds is 4. The molecule has 50 valence electrons. The molecule has 0 saturated heterocycles. The van der Waals surface area contributed by atoms with Crippen molar-refractivity contribution in [2.75, 3.05) is 6.54 Å². The summed E-state index contributed by atoms with van der Waals surface area (Å²) in [5, 5.41) is 3.86. The third-order valence-corrected chi connectivity index (χ3v) is 1.23. The van der Waals surface area contributed by atoms with Crippen LogP contribution in [0.2, 0.25) is 0 Å². The third-order valence-electron chi connectivity index (χ3n) is 0.724. The molecule has 0 unspecified atom stereocenters. The van der Waals surface area contributed by atoms with Gasteiger partial charge in [0.05, 0.1) is 16.4 Å². The summed E-state index contributed by atoms with van der Waals surface area (Å²) in [6, 6.07) is 0. The zero-order chi connectivity index (χ0) is 6.95. The molecule has 0 radical (unpaired) electrons. The van der Waals surface area contributed by atoms with Gasteiger partial charge in [0.15, 0.2) is 0 Å². The molecule has 0 amide bonds. The van der Waals surface area contributed by atoms with Gasteiger partial charge in [0.1, 0.15) is 0 Å². The molecule has 0 bridgehead atoms. The summed E-state index contributed by atoms with van der Waals surface area (Å²) in [7, 11) is 0.